The van der Waals surface area contributed by atoms with Gasteiger partial charge in [0.25, 0.3) is 0 Å². The largest absolute Gasteiger partial charge is 0.477 e. The molecule has 0 spiro atoms. The molecule has 0 aliphatic heterocycles. The SMILES string of the molecule is CCSNc1ccc(F)c(C(=O)O)c1F. The van der Waals surface area contributed by atoms with Crippen molar-refractivity contribution < 1.29 is 18.7 Å². The number of nitrogens with one attached hydrogen (secondary N) is 1. The Hall–Kier alpha value is -1.30. The number of hydrogen-bond acceptors (Lipinski definition) is 3. The molecule has 1 aromatic rings. The summed E-state index contributed by atoms with van der Waals surface area (Å²) in [5.41, 5.74) is -0.961. The second-order valence-electron chi connectivity index (χ2n) is 2.62. The van der Waals surface area contributed by atoms with Gasteiger partial charge in [0.2, 0.25) is 0 Å². The van der Waals surface area contributed by atoms with E-state index >= 15 is 0 Å². The molecule has 1 aromatic carbocycles. The fourth-order valence-electron chi connectivity index (χ4n) is 0.977. The van der Waals surface area contributed by atoms with E-state index in [0.717, 1.165) is 6.07 Å². The highest BCUT2D eigenvalue weighted by Gasteiger charge is 2.19. The monoisotopic (exact) mass is 233 g/mol. The maximum atomic E-state index is 13.4. The van der Waals surface area contributed by atoms with E-state index in [2.05, 4.69) is 4.72 Å². The molecule has 15 heavy (non-hydrogen) atoms. The van der Waals surface area contributed by atoms with Crippen LogP contribution in [-0.2, 0) is 0 Å². The summed E-state index contributed by atoms with van der Waals surface area (Å²) in [6, 6.07) is 2.09. The predicted octanol–water partition coefficient (Wildman–Crippen LogP) is 2.74. The number of benzene rings is 1. The Kier molecular flexibility index (Phi) is 3.90. The highest BCUT2D eigenvalue weighted by atomic mass is 32.2. The highest BCUT2D eigenvalue weighted by Crippen LogP contribution is 2.23. The molecule has 2 N–H and O–H groups in total. The van der Waals surface area contributed by atoms with Gasteiger partial charge >= 0.3 is 5.97 Å². The van der Waals surface area contributed by atoms with Gasteiger partial charge in [-0.25, -0.2) is 13.6 Å². The Labute approximate surface area is 89.6 Å². The molecule has 0 aromatic heterocycles. The first kappa shape index (κ1) is 11.8. The molecule has 3 nitrogen and oxygen atoms in total. The Morgan fingerprint density at radius 1 is 1.53 bits per heavy atom. The molecule has 6 heteroatoms. The molecule has 0 bridgehead atoms. The van der Waals surface area contributed by atoms with Crippen molar-refractivity contribution in [1.29, 1.82) is 0 Å². The van der Waals surface area contributed by atoms with E-state index in [-0.39, 0.29) is 5.69 Å². The van der Waals surface area contributed by atoms with Gasteiger partial charge in [0.1, 0.15) is 11.4 Å². The number of hydrogen-bond donors (Lipinski definition) is 2. The molecule has 0 fully saturated rings. The van der Waals surface area contributed by atoms with Crippen molar-refractivity contribution in [2.75, 3.05) is 10.5 Å². The number of carboxylic acid groups (broad SMARTS) is 1. The lowest BCUT2D eigenvalue weighted by Crippen LogP contribution is -2.06. The summed E-state index contributed by atoms with van der Waals surface area (Å²) in [4.78, 5) is 10.6. The summed E-state index contributed by atoms with van der Waals surface area (Å²) in [6.45, 7) is 1.84. The van der Waals surface area contributed by atoms with E-state index in [4.69, 9.17) is 5.11 Å². The molecule has 0 aliphatic carbocycles. The average molecular weight is 233 g/mol. The van der Waals surface area contributed by atoms with E-state index in [0.29, 0.717) is 5.75 Å². The van der Waals surface area contributed by atoms with Crippen molar-refractivity contribution in [3.63, 3.8) is 0 Å². The van der Waals surface area contributed by atoms with E-state index in [1.807, 2.05) is 6.92 Å². The summed E-state index contributed by atoms with van der Waals surface area (Å²) in [7, 11) is 0. The van der Waals surface area contributed by atoms with Crippen molar-refractivity contribution in [3.8, 4) is 0 Å². The topological polar surface area (TPSA) is 49.3 Å². The molecule has 1 rings (SSSR count). The van der Waals surface area contributed by atoms with Gasteiger partial charge in [-0.05, 0) is 12.1 Å². The molecule has 0 amide bonds. The van der Waals surface area contributed by atoms with Crippen LogP contribution >= 0.6 is 11.9 Å². The standard InChI is InChI=1S/C9H9F2NO2S/c1-2-15-12-6-4-3-5(10)7(8(6)11)9(13)14/h3-4,12H,2H2,1H3,(H,13,14). The molecular weight excluding hydrogens is 224 g/mol. The number of rotatable bonds is 4. The van der Waals surface area contributed by atoms with Crippen LogP contribution in [0, 0.1) is 11.6 Å². The summed E-state index contributed by atoms with van der Waals surface area (Å²) in [5, 5.41) is 8.58. The first-order valence-electron chi connectivity index (χ1n) is 4.17. The third-order valence-corrected chi connectivity index (χ3v) is 2.28. The van der Waals surface area contributed by atoms with Gasteiger partial charge in [-0.1, -0.05) is 18.9 Å². The van der Waals surface area contributed by atoms with Crippen LogP contribution in [0.2, 0.25) is 0 Å². The quantitative estimate of drug-likeness (QED) is 0.785. The van der Waals surface area contributed by atoms with E-state index in [1.54, 1.807) is 0 Å². The second kappa shape index (κ2) is 4.97. The van der Waals surface area contributed by atoms with Gasteiger partial charge in [-0.15, -0.1) is 0 Å². The van der Waals surface area contributed by atoms with Crippen LogP contribution in [0.4, 0.5) is 14.5 Å². The van der Waals surface area contributed by atoms with Crippen molar-refractivity contribution >= 4 is 23.6 Å². The first-order valence-corrected chi connectivity index (χ1v) is 5.15. The lowest BCUT2D eigenvalue weighted by atomic mass is 10.2. The minimum Gasteiger partial charge on any atom is -0.477 e. The summed E-state index contributed by atoms with van der Waals surface area (Å²) < 4.78 is 29.0. The summed E-state index contributed by atoms with van der Waals surface area (Å²) in [6.07, 6.45) is 0. The Morgan fingerprint density at radius 2 is 2.20 bits per heavy atom. The second-order valence-corrected chi connectivity index (χ2v) is 3.69. The zero-order valence-electron chi connectivity index (χ0n) is 7.88. The molecule has 0 atom stereocenters. The predicted molar refractivity (Wildman–Crippen MR) is 55.1 cm³/mol. The van der Waals surface area contributed by atoms with E-state index < -0.39 is 23.2 Å². The zero-order valence-corrected chi connectivity index (χ0v) is 8.70. The number of halogens is 2. The third kappa shape index (κ3) is 2.59. The van der Waals surface area contributed by atoms with Crippen LogP contribution in [0.3, 0.4) is 0 Å². The van der Waals surface area contributed by atoms with Crippen molar-refractivity contribution in [1.82, 2.24) is 0 Å². The van der Waals surface area contributed by atoms with Crippen LogP contribution in [0.1, 0.15) is 17.3 Å². The molecule has 0 radical (unpaired) electrons. The number of carboxylic acids is 1. The van der Waals surface area contributed by atoms with Crippen LogP contribution in [-0.4, -0.2) is 16.8 Å². The molecule has 0 heterocycles. The van der Waals surface area contributed by atoms with Gasteiger partial charge < -0.3 is 9.83 Å². The van der Waals surface area contributed by atoms with E-state index in [9.17, 15) is 13.6 Å². The van der Waals surface area contributed by atoms with Crippen molar-refractivity contribution in [2.45, 2.75) is 6.92 Å². The van der Waals surface area contributed by atoms with E-state index in [1.165, 1.54) is 18.0 Å². The van der Waals surface area contributed by atoms with Crippen LogP contribution < -0.4 is 4.72 Å². The van der Waals surface area contributed by atoms with Gasteiger partial charge in [-0.3, -0.25) is 0 Å². The number of anilines is 1. The Morgan fingerprint density at radius 3 is 2.73 bits per heavy atom. The number of aromatic carboxylic acids is 1. The van der Waals surface area contributed by atoms with Gasteiger partial charge in [-0.2, -0.15) is 0 Å². The Balaban J connectivity index is 3.11. The number of carbonyl (C=O) groups is 1. The maximum Gasteiger partial charge on any atom is 0.341 e. The minimum absolute atomic E-state index is 0.0272. The van der Waals surface area contributed by atoms with Crippen molar-refractivity contribution in [3.05, 3.63) is 29.3 Å². The minimum atomic E-state index is -1.62. The Bertz CT molecular complexity index is 385. The molecule has 0 unspecified atom stereocenters. The van der Waals surface area contributed by atoms with Crippen LogP contribution in [0.25, 0.3) is 0 Å². The maximum absolute atomic E-state index is 13.4. The van der Waals surface area contributed by atoms with Gasteiger partial charge in [0.05, 0.1) is 5.69 Å². The average Bonchev–Trinajstić information content (AvgIpc) is 2.16. The smallest absolute Gasteiger partial charge is 0.341 e. The fraction of sp³-hybridized carbons (Fsp3) is 0.222. The van der Waals surface area contributed by atoms with Gasteiger partial charge in [0, 0.05) is 5.75 Å². The lowest BCUT2D eigenvalue weighted by Gasteiger charge is -2.07. The summed E-state index contributed by atoms with van der Waals surface area (Å²) >= 11 is 1.20. The lowest BCUT2D eigenvalue weighted by molar-refractivity contribution is 0.0686. The summed E-state index contributed by atoms with van der Waals surface area (Å²) in [5.74, 6) is -3.09. The third-order valence-electron chi connectivity index (χ3n) is 1.63. The van der Waals surface area contributed by atoms with Crippen LogP contribution in [0.15, 0.2) is 12.1 Å². The molecule has 82 valence electrons. The zero-order chi connectivity index (χ0) is 11.4. The van der Waals surface area contributed by atoms with Crippen molar-refractivity contribution in [2.24, 2.45) is 0 Å². The molecular formula is C9H9F2NO2S. The molecule has 0 saturated heterocycles. The first-order chi connectivity index (χ1) is 7.07. The fourth-order valence-corrected chi connectivity index (χ4v) is 1.43. The molecule has 0 saturated carbocycles. The normalized spacial score (nSPS) is 10.1. The van der Waals surface area contributed by atoms with Crippen LogP contribution in [0.5, 0.6) is 0 Å². The van der Waals surface area contributed by atoms with Gasteiger partial charge in [0.15, 0.2) is 5.82 Å². The highest BCUT2D eigenvalue weighted by molar-refractivity contribution is 8.00. The molecule has 0 aliphatic rings.